The third-order valence-corrected chi connectivity index (χ3v) is 2.26. The van der Waals surface area contributed by atoms with Gasteiger partial charge in [-0.15, -0.1) is 5.11 Å². The molecule has 0 saturated heterocycles. The Morgan fingerprint density at radius 1 is 1.28 bits per heavy atom. The van der Waals surface area contributed by atoms with Crippen LogP contribution < -0.4 is 10.4 Å². The Balaban J connectivity index is 2.16. The molecule has 6 heteroatoms. The van der Waals surface area contributed by atoms with Crippen LogP contribution in [0.4, 0.5) is 11.4 Å². The molecule has 0 aliphatic carbocycles. The lowest BCUT2D eigenvalue weighted by molar-refractivity contribution is 0.340. The van der Waals surface area contributed by atoms with E-state index in [0.717, 1.165) is 5.75 Å². The number of rotatable bonds is 4. The van der Waals surface area contributed by atoms with E-state index in [1.54, 1.807) is 31.2 Å². The lowest BCUT2D eigenvalue weighted by Crippen LogP contribution is -1.90. The van der Waals surface area contributed by atoms with Gasteiger partial charge in [-0.25, -0.2) is 9.95 Å². The van der Waals surface area contributed by atoms with Crippen molar-refractivity contribution in [2.75, 3.05) is 6.61 Å². The minimum absolute atomic E-state index is 0.184. The highest BCUT2D eigenvalue weighted by Gasteiger charge is 2.06. The number of aryl methyl sites for hydroxylation is 1. The largest absolute Gasteiger partial charge is 0.494 e. The lowest BCUT2D eigenvalue weighted by Gasteiger charge is -2.01. The molecule has 2 rings (SSSR count). The summed E-state index contributed by atoms with van der Waals surface area (Å²) in [6.45, 7) is 4.23. The fourth-order valence-corrected chi connectivity index (χ4v) is 1.37. The van der Waals surface area contributed by atoms with Crippen molar-refractivity contribution >= 4 is 11.4 Å². The number of ether oxygens (including phenoxy) is 1. The Labute approximate surface area is 103 Å². The number of hydrogen-bond acceptors (Lipinski definition) is 5. The van der Waals surface area contributed by atoms with Gasteiger partial charge < -0.3 is 9.26 Å². The molecule has 1 heterocycles. The van der Waals surface area contributed by atoms with Gasteiger partial charge in [-0.05, 0) is 38.1 Å². The molecular weight excluding hydrogens is 234 g/mol. The van der Waals surface area contributed by atoms with Crippen molar-refractivity contribution in [3.05, 3.63) is 40.4 Å². The van der Waals surface area contributed by atoms with Crippen molar-refractivity contribution in [3.8, 4) is 5.75 Å². The molecular formula is C12H13N3O3. The van der Waals surface area contributed by atoms with Gasteiger partial charge in [0.1, 0.15) is 5.75 Å². The zero-order valence-electron chi connectivity index (χ0n) is 10.1. The molecule has 0 bridgehead atoms. The molecule has 0 amide bonds. The summed E-state index contributed by atoms with van der Waals surface area (Å²) in [5.74, 6) is 0.772. The van der Waals surface area contributed by atoms with Crippen LogP contribution in [0.1, 0.15) is 12.6 Å². The van der Waals surface area contributed by atoms with Crippen LogP contribution in [0.15, 0.2) is 43.8 Å². The summed E-state index contributed by atoms with van der Waals surface area (Å²) in [6, 6.07) is 7.12. The maximum atomic E-state index is 11.2. The number of H-pyrrole nitrogens is 1. The monoisotopic (exact) mass is 247 g/mol. The standard InChI is InChI=1S/C12H13N3O3/c1-3-17-10-6-4-9(5-7-10)13-14-11-8(2)15-18-12(11)16/h4-7,15H,3H2,1-2H3. The second-order valence-corrected chi connectivity index (χ2v) is 3.59. The Morgan fingerprint density at radius 2 is 2.00 bits per heavy atom. The number of nitrogens with zero attached hydrogens (tertiary/aromatic N) is 2. The highest BCUT2D eigenvalue weighted by molar-refractivity contribution is 5.42. The molecule has 2 aromatic rings. The summed E-state index contributed by atoms with van der Waals surface area (Å²) in [5.41, 5.74) is 0.846. The van der Waals surface area contributed by atoms with E-state index >= 15 is 0 Å². The third-order valence-electron chi connectivity index (χ3n) is 2.26. The zero-order chi connectivity index (χ0) is 13.0. The van der Waals surface area contributed by atoms with Crippen LogP contribution >= 0.6 is 0 Å². The first-order valence-corrected chi connectivity index (χ1v) is 5.53. The molecule has 0 atom stereocenters. The predicted octanol–water partition coefficient (Wildman–Crippen LogP) is 3.09. The van der Waals surface area contributed by atoms with Crippen LogP contribution in [0.5, 0.6) is 5.75 Å². The summed E-state index contributed by atoms with van der Waals surface area (Å²) in [6.07, 6.45) is 0. The topological polar surface area (TPSA) is 80.0 Å². The van der Waals surface area contributed by atoms with Gasteiger partial charge in [0.05, 0.1) is 18.0 Å². The van der Waals surface area contributed by atoms with E-state index < -0.39 is 5.63 Å². The summed E-state index contributed by atoms with van der Waals surface area (Å²) in [4.78, 5) is 11.2. The first-order chi connectivity index (χ1) is 8.70. The fourth-order valence-electron chi connectivity index (χ4n) is 1.37. The predicted molar refractivity (Wildman–Crippen MR) is 65.9 cm³/mol. The van der Waals surface area contributed by atoms with Crippen molar-refractivity contribution < 1.29 is 9.26 Å². The maximum Gasteiger partial charge on any atom is 0.384 e. The van der Waals surface area contributed by atoms with Crippen LogP contribution in [0.2, 0.25) is 0 Å². The second-order valence-electron chi connectivity index (χ2n) is 3.59. The molecule has 1 aromatic heterocycles. The Bertz CT molecular complexity index is 596. The van der Waals surface area contributed by atoms with E-state index in [1.807, 2.05) is 6.92 Å². The first kappa shape index (κ1) is 12.1. The quantitative estimate of drug-likeness (QED) is 0.843. The Hall–Kier alpha value is -2.37. The number of azo groups is 1. The van der Waals surface area contributed by atoms with E-state index in [-0.39, 0.29) is 5.69 Å². The summed E-state index contributed by atoms with van der Waals surface area (Å²) in [7, 11) is 0. The SMILES string of the molecule is CCOc1ccc(N=Nc2c(C)[nH]oc2=O)cc1. The Morgan fingerprint density at radius 3 is 2.56 bits per heavy atom. The van der Waals surface area contributed by atoms with Gasteiger partial charge in [-0.1, -0.05) is 0 Å². The van der Waals surface area contributed by atoms with Crippen LogP contribution in [0.25, 0.3) is 0 Å². The minimum atomic E-state index is -0.526. The molecule has 0 aliphatic heterocycles. The number of hydrogen-bond donors (Lipinski definition) is 1. The molecule has 0 saturated carbocycles. The van der Waals surface area contributed by atoms with Crippen molar-refractivity contribution in [1.29, 1.82) is 0 Å². The second kappa shape index (κ2) is 5.31. The van der Waals surface area contributed by atoms with Gasteiger partial charge in [0.15, 0.2) is 5.69 Å². The Kier molecular flexibility index (Phi) is 3.57. The van der Waals surface area contributed by atoms with Gasteiger partial charge in [0.25, 0.3) is 0 Å². The van der Waals surface area contributed by atoms with Crippen LogP contribution in [0, 0.1) is 6.92 Å². The molecule has 1 aromatic carbocycles. The summed E-state index contributed by atoms with van der Waals surface area (Å²) < 4.78 is 9.89. The van der Waals surface area contributed by atoms with E-state index in [9.17, 15) is 4.79 Å². The van der Waals surface area contributed by atoms with Gasteiger partial charge in [0.2, 0.25) is 0 Å². The minimum Gasteiger partial charge on any atom is -0.494 e. The average molecular weight is 247 g/mol. The lowest BCUT2D eigenvalue weighted by atomic mass is 10.3. The van der Waals surface area contributed by atoms with Crippen molar-refractivity contribution in [3.63, 3.8) is 0 Å². The fraction of sp³-hybridized carbons (Fsp3) is 0.250. The number of benzene rings is 1. The maximum absolute atomic E-state index is 11.2. The molecule has 0 fully saturated rings. The van der Waals surface area contributed by atoms with Crippen LogP contribution in [-0.4, -0.2) is 11.8 Å². The normalized spacial score (nSPS) is 11.0. The van der Waals surface area contributed by atoms with Gasteiger partial charge in [-0.3, -0.25) is 0 Å². The van der Waals surface area contributed by atoms with E-state index in [1.165, 1.54) is 0 Å². The third kappa shape index (κ3) is 2.65. The molecule has 0 radical (unpaired) electrons. The van der Waals surface area contributed by atoms with Crippen molar-refractivity contribution in [1.82, 2.24) is 5.16 Å². The number of aromatic amines is 1. The summed E-state index contributed by atoms with van der Waals surface area (Å²) in [5, 5.41) is 10.3. The zero-order valence-corrected chi connectivity index (χ0v) is 10.1. The van der Waals surface area contributed by atoms with Gasteiger partial charge >= 0.3 is 5.63 Å². The van der Waals surface area contributed by atoms with Crippen LogP contribution in [-0.2, 0) is 0 Å². The molecule has 94 valence electrons. The van der Waals surface area contributed by atoms with Gasteiger partial charge in [-0.2, -0.15) is 5.11 Å². The first-order valence-electron chi connectivity index (χ1n) is 5.53. The summed E-state index contributed by atoms with van der Waals surface area (Å²) >= 11 is 0. The van der Waals surface area contributed by atoms with E-state index in [4.69, 9.17) is 4.74 Å². The molecule has 0 unspecified atom stereocenters. The highest BCUT2D eigenvalue weighted by Crippen LogP contribution is 2.20. The molecule has 18 heavy (non-hydrogen) atoms. The van der Waals surface area contributed by atoms with E-state index in [0.29, 0.717) is 18.0 Å². The van der Waals surface area contributed by atoms with Crippen molar-refractivity contribution in [2.24, 2.45) is 10.2 Å². The number of aromatic nitrogens is 1. The molecule has 0 aliphatic rings. The van der Waals surface area contributed by atoms with E-state index in [2.05, 4.69) is 19.9 Å². The average Bonchev–Trinajstić information content (AvgIpc) is 2.69. The molecule has 0 spiro atoms. The van der Waals surface area contributed by atoms with Crippen LogP contribution in [0.3, 0.4) is 0 Å². The molecule has 6 nitrogen and oxygen atoms in total. The number of nitrogens with one attached hydrogen (secondary N) is 1. The molecule has 1 N–H and O–H groups in total. The van der Waals surface area contributed by atoms with Crippen molar-refractivity contribution in [2.45, 2.75) is 13.8 Å². The van der Waals surface area contributed by atoms with Gasteiger partial charge in [0, 0.05) is 0 Å². The highest BCUT2D eigenvalue weighted by atomic mass is 16.5. The smallest absolute Gasteiger partial charge is 0.384 e.